The lowest BCUT2D eigenvalue weighted by atomic mass is 10.2. The standard InChI is InChI=1S/C14H22N4O6S2/c1-2-24-14(19)12-9-16-18-13(12)26(22,23)17-8-7-10-3-5-11(6-4-10)25(15,20)21/h3-6,12-13,16-18H,2,7-9H2,1H3,(H2,15,20,21). The molecule has 1 aliphatic heterocycles. The third-order valence-corrected chi connectivity index (χ3v) is 6.47. The van der Waals surface area contributed by atoms with E-state index in [1.807, 2.05) is 0 Å². The largest absolute Gasteiger partial charge is 0.466 e. The van der Waals surface area contributed by atoms with E-state index in [0.717, 1.165) is 5.56 Å². The van der Waals surface area contributed by atoms with Crippen molar-refractivity contribution >= 4 is 26.0 Å². The number of hydrogen-bond acceptors (Lipinski definition) is 8. The zero-order valence-electron chi connectivity index (χ0n) is 14.1. The minimum absolute atomic E-state index is 0.0136. The van der Waals surface area contributed by atoms with E-state index in [-0.39, 0.29) is 24.6 Å². The fraction of sp³-hybridized carbons (Fsp3) is 0.500. The number of hydrogen-bond donors (Lipinski definition) is 4. The molecule has 2 unspecified atom stereocenters. The Balaban J connectivity index is 1.94. The van der Waals surface area contributed by atoms with Crippen molar-refractivity contribution in [2.45, 2.75) is 23.6 Å². The Kier molecular flexibility index (Phi) is 6.71. The van der Waals surface area contributed by atoms with Gasteiger partial charge in [0.2, 0.25) is 20.0 Å². The topological polar surface area (TPSA) is 157 Å². The van der Waals surface area contributed by atoms with Crippen molar-refractivity contribution in [2.24, 2.45) is 11.1 Å². The van der Waals surface area contributed by atoms with Crippen LogP contribution >= 0.6 is 0 Å². The molecule has 1 fully saturated rings. The Morgan fingerprint density at radius 1 is 1.27 bits per heavy atom. The van der Waals surface area contributed by atoms with Crippen LogP contribution in [-0.2, 0) is 36.0 Å². The molecule has 2 rings (SSSR count). The van der Waals surface area contributed by atoms with Crippen molar-refractivity contribution in [1.29, 1.82) is 0 Å². The van der Waals surface area contributed by atoms with Crippen LogP contribution in [0.5, 0.6) is 0 Å². The molecule has 0 saturated carbocycles. The fourth-order valence-electron chi connectivity index (χ4n) is 2.50. The molecule has 5 N–H and O–H groups in total. The first kappa shape index (κ1) is 20.7. The predicted octanol–water partition coefficient (Wildman–Crippen LogP) is -1.59. The first-order valence-electron chi connectivity index (χ1n) is 7.90. The fourth-order valence-corrected chi connectivity index (χ4v) is 4.46. The van der Waals surface area contributed by atoms with Gasteiger partial charge in [0.1, 0.15) is 5.92 Å². The Hall–Kier alpha value is -1.57. The zero-order chi connectivity index (χ0) is 19.4. The summed E-state index contributed by atoms with van der Waals surface area (Å²) >= 11 is 0. The monoisotopic (exact) mass is 406 g/mol. The molecule has 0 aliphatic carbocycles. The van der Waals surface area contributed by atoms with Crippen LogP contribution in [0.3, 0.4) is 0 Å². The van der Waals surface area contributed by atoms with Crippen LogP contribution in [0.2, 0.25) is 0 Å². The molecular formula is C14H22N4O6S2. The number of esters is 1. The minimum atomic E-state index is -3.81. The van der Waals surface area contributed by atoms with E-state index < -0.39 is 37.3 Å². The highest BCUT2D eigenvalue weighted by atomic mass is 32.2. The molecule has 1 aliphatic rings. The van der Waals surface area contributed by atoms with Crippen LogP contribution < -0.4 is 20.7 Å². The quantitative estimate of drug-likeness (QED) is 0.376. The molecule has 146 valence electrons. The third kappa shape index (κ3) is 5.22. The third-order valence-electron chi connectivity index (χ3n) is 3.82. The molecule has 1 heterocycles. The van der Waals surface area contributed by atoms with Crippen LogP contribution in [0.4, 0.5) is 0 Å². The van der Waals surface area contributed by atoms with Crippen molar-refractivity contribution in [3.8, 4) is 0 Å². The van der Waals surface area contributed by atoms with Crippen LogP contribution in [0.15, 0.2) is 29.2 Å². The summed E-state index contributed by atoms with van der Waals surface area (Å²) < 4.78 is 54.6. The second kappa shape index (κ2) is 8.41. The van der Waals surface area contributed by atoms with Crippen LogP contribution in [0.1, 0.15) is 12.5 Å². The van der Waals surface area contributed by atoms with Gasteiger partial charge in [-0.2, -0.15) is 0 Å². The number of benzene rings is 1. The number of hydrazine groups is 1. The number of primary sulfonamides is 1. The van der Waals surface area contributed by atoms with Crippen molar-refractivity contribution in [3.63, 3.8) is 0 Å². The molecule has 0 amide bonds. The summed E-state index contributed by atoms with van der Waals surface area (Å²) in [7, 11) is -7.58. The first-order valence-corrected chi connectivity index (χ1v) is 11.0. The van der Waals surface area contributed by atoms with Gasteiger partial charge in [-0.05, 0) is 31.0 Å². The number of nitrogens with one attached hydrogen (secondary N) is 3. The van der Waals surface area contributed by atoms with Gasteiger partial charge < -0.3 is 4.74 Å². The van der Waals surface area contributed by atoms with E-state index in [9.17, 15) is 21.6 Å². The summed E-state index contributed by atoms with van der Waals surface area (Å²) in [6.07, 6.45) is 0.342. The van der Waals surface area contributed by atoms with Crippen LogP contribution in [-0.4, -0.2) is 47.9 Å². The zero-order valence-corrected chi connectivity index (χ0v) is 15.8. The minimum Gasteiger partial charge on any atom is -0.466 e. The number of nitrogens with two attached hydrogens (primary N) is 1. The molecule has 2 atom stereocenters. The number of ether oxygens (including phenoxy) is 1. The maximum Gasteiger partial charge on any atom is 0.313 e. The number of sulfonamides is 2. The van der Waals surface area contributed by atoms with Gasteiger partial charge in [0.15, 0.2) is 5.37 Å². The molecule has 0 aromatic heterocycles. The Bertz CT molecular complexity index is 839. The highest BCUT2D eigenvalue weighted by Crippen LogP contribution is 2.15. The van der Waals surface area contributed by atoms with Crippen molar-refractivity contribution < 1.29 is 26.4 Å². The van der Waals surface area contributed by atoms with Gasteiger partial charge in [0, 0.05) is 13.1 Å². The Labute approximate surface area is 152 Å². The molecule has 12 heteroatoms. The van der Waals surface area contributed by atoms with Gasteiger partial charge in [-0.25, -0.2) is 32.1 Å². The number of carbonyl (C=O) groups is 1. The van der Waals surface area contributed by atoms with Gasteiger partial charge in [0.25, 0.3) is 0 Å². The second-order valence-corrected chi connectivity index (χ2v) is 9.13. The van der Waals surface area contributed by atoms with Gasteiger partial charge in [-0.1, -0.05) is 12.1 Å². The predicted molar refractivity (Wildman–Crippen MR) is 93.5 cm³/mol. The molecule has 10 nitrogen and oxygen atoms in total. The van der Waals surface area contributed by atoms with Gasteiger partial charge in [-0.3, -0.25) is 10.2 Å². The van der Waals surface area contributed by atoms with Crippen molar-refractivity contribution in [2.75, 3.05) is 19.7 Å². The molecule has 0 radical (unpaired) electrons. The average Bonchev–Trinajstić information content (AvgIpc) is 3.05. The van der Waals surface area contributed by atoms with Crippen LogP contribution in [0.25, 0.3) is 0 Å². The number of rotatable bonds is 8. The molecular weight excluding hydrogens is 384 g/mol. The van der Waals surface area contributed by atoms with E-state index in [1.54, 1.807) is 19.1 Å². The highest BCUT2D eigenvalue weighted by Gasteiger charge is 2.42. The summed E-state index contributed by atoms with van der Waals surface area (Å²) in [5.74, 6) is -1.43. The lowest BCUT2D eigenvalue weighted by molar-refractivity contribution is -0.147. The summed E-state index contributed by atoms with van der Waals surface area (Å²) in [5, 5.41) is 3.89. The molecule has 26 heavy (non-hydrogen) atoms. The first-order chi connectivity index (χ1) is 12.1. The number of carbonyl (C=O) groups excluding carboxylic acids is 1. The van der Waals surface area contributed by atoms with Gasteiger partial charge >= 0.3 is 5.97 Å². The SMILES string of the molecule is CCOC(=O)C1CNNC1S(=O)(=O)NCCc1ccc(S(N)(=O)=O)cc1. The lowest BCUT2D eigenvalue weighted by Crippen LogP contribution is -2.47. The highest BCUT2D eigenvalue weighted by molar-refractivity contribution is 7.90. The maximum atomic E-state index is 12.4. The molecule has 1 aromatic carbocycles. The Morgan fingerprint density at radius 3 is 2.50 bits per heavy atom. The van der Waals surface area contributed by atoms with E-state index in [4.69, 9.17) is 9.88 Å². The maximum absolute atomic E-state index is 12.4. The second-order valence-electron chi connectivity index (χ2n) is 5.68. The normalized spacial score (nSPS) is 20.8. The van der Waals surface area contributed by atoms with Crippen molar-refractivity contribution in [3.05, 3.63) is 29.8 Å². The van der Waals surface area contributed by atoms with E-state index >= 15 is 0 Å². The van der Waals surface area contributed by atoms with Crippen LogP contribution in [0, 0.1) is 5.92 Å². The summed E-state index contributed by atoms with van der Waals surface area (Å²) in [6, 6.07) is 5.84. The summed E-state index contributed by atoms with van der Waals surface area (Å²) in [5.41, 5.74) is 5.97. The average molecular weight is 406 g/mol. The Morgan fingerprint density at radius 2 is 1.92 bits per heavy atom. The summed E-state index contributed by atoms with van der Waals surface area (Å²) in [4.78, 5) is 11.8. The van der Waals surface area contributed by atoms with Gasteiger partial charge in [-0.15, -0.1) is 0 Å². The van der Waals surface area contributed by atoms with Gasteiger partial charge in [0.05, 0.1) is 11.5 Å². The summed E-state index contributed by atoms with van der Waals surface area (Å²) in [6.45, 7) is 2.06. The molecule has 1 aromatic rings. The van der Waals surface area contributed by atoms with E-state index in [0.29, 0.717) is 6.42 Å². The lowest BCUT2D eigenvalue weighted by Gasteiger charge is -2.18. The van der Waals surface area contributed by atoms with E-state index in [2.05, 4.69) is 15.6 Å². The van der Waals surface area contributed by atoms with Crippen molar-refractivity contribution in [1.82, 2.24) is 15.6 Å². The molecule has 1 saturated heterocycles. The smallest absolute Gasteiger partial charge is 0.313 e. The molecule has 0 spiro atoms. The van der Waals surface area contributed by atoms with E-state index in [1.165, 1.54) is 12.1 Å². The molecule has 0 bridgehead atoms.